The van der Waals surface area contributed by atoms with Gasteiger partial charge in [0, 0.05) is 13.1 Å². The van der Waals surface area contributed by atoms with Gasteiger partial charge in [0.25, 0.3) is 0 Å². The third-order valence-corrected chi connectivity index (χ3v) is 3.32. The summed E-state index contributed by atoms with van der Waals surface area (Å²) in [5.41, 5.74) is 0.644. The Morgan fingerprint density at radius 3 is 2.61 bits per heavy atom. The number of nitrogens with zero attached hydrogens (tertiary/aromatic N) is 2. The van der Waals surface area contributed by atoms with Crippen LogP contribution in [-0.4, -0.2) is 49.2 Å². The molecule has 1 aromatic carbocycles. The van der Waals surface area contributed by atoms with E-state index in [0.29, 0.717) is 26.2 Å². The number of hydrogen-bond acceptors (Lipinski definition) is 5. The van der Waals surface area contributed by atoms with Crippen molar-refractivity contribution >= 4 is 11.9 Å². The van der Waals surface area contributed by atoms with E-state index in [0.717, 1.165) is 17.1 Å². The predicted molar refractivity (Wildman–Crippen MR) is 89.9 cm³/mol. The average molecular weight is 319 g/mol. The predicted octanol–water partition coefficient (Wildman–Crippen LogP) is 2.43. The Morgan fingerprint density at radius 2 is 2.00 bits per heavy atom. The van der Waals surface area contributed by atoms with E-state index in [-0.39, 0.29) is 6.09 Å². The van der Waals surface area contributed by atoms with Gasteiger partial charge >= 0.3 is 6.09 Å². The third-order valence-electron chi connectivity index (χ3n) is 3.32. The van der Waals surface area contributed by atoms with Crippen LogP contribution >= 0.6 is 0 Å². The number of ether oxygens (including phenoxy) is 2. The maximum Gasteiger partial charge on any atom is 0.410 e. The lowest BCUT2D eigenvalue weighted by Crippen LogP contribution is -2.47. The van der Waals surface area contributed by atoms with Gasteiger partial charge in [-0.2, -0.15) is 0 Å². The molecule has 1 aliphatic heterocycles. The molecule has 0 saturated carbocycles. The molecule has 1 heterocycles. The summed E-state index contributed by atoms with van der Waals surface area (Å²) >= 11 is 0. The summed E-state index contributed by atoms with van der Waals surface area (Å²) in [6.45, 7) is 7.88. The molecule has 6 nitrogen and oxygen atoms in total. The topological polar surface area (TPSA) is 63.2 Å². The van der Waals surface area contributed by atoms with Gasteiger partial charge in [-0.25, -0.2) is 4.79 Å². The van der Waals surface area contributed by atoms with Crippen LogP contribution < -0.4 is 10.1 Å². The number of methoxy groups -OCH3 is 1. The molecular weight excluding hydrogens is 294 g/mol. The van der Waals surface area contributed by atoms with E-state index in [2.05, 4.69) is 10.3 Å². The fourth-order valence-corrected chi connectivity index (χ4v) is 2.16. The minimum absolute atomic E-state index is 0.295. The standard InChI is InChI=1S/C17H25N3O3/c1-17(2,3)23-16(21)20-10-9-18-15(12-20)19-11-13-5-7-14(22-4)8-6-13/h5-8H,9-12H2,1-4H3,(H,18,19). The zero-order chi connectivity index (χ0) is 16.9. The van der Waals surface area contributed by atoms with Crippen molar-refractivity contribution in [2.75, 3.05) is 26.7 Å². The summed E-state index contributed by atoms with van der Waals surface area (Å²) in [7, 11) is 1.65. The van der Waals surface area contributed by atoms with Crippen LogP contribution in [0.5, 0.6) is 5.75 Å². The van der Waals surface area contributed by atoms with Crippen LogP contribution in [0.2, 0.25) is 0 Å². The molecule has 126 valence electrons. The quantitative estimate of drug-likeness (QED) is 0.929. The van der Waals surface area contributed by atoms with Gasteiger partial charge in [-0.05, 0) is 38.5 Å². The molecule has 0 fully saturated rings. The molecule has 0 spiro atoms. The molecule has 0 saturated heterocycles. The van der Waals surface area contributed by atoms with Gasteiger partial charge in [-0.15, -0.1) is 0 Å². The van der Waals surface area contributed by atoms with Crippen molar-refractivity contribution in [3.63, 3.8) is 0 Å². The number of aliphatic imine (C=N–C) groups is 1. The van der Waals surface area contributed by atoms with Crippen LogP contribution in [-0.2, 0) is 11.3 Å². The first kappa shape index (κ1) is 17.1. The molecule has 1 amide bonds. The Kier molecular flexibility index (Phi) is 5.47. The second-order valence-corrected chi connectivity index (χ2v) is 6.43. The van der Waals surface area contributed by atoms with Gasteiger partial charge in [0.2, 0.25) is 0 Å². The number of carbonyl (C=O) groups excluding carboxylic acids is 1. The zero-order valence-electron chi connectivity index (χ0n) is 14.3. The van der Waals surface area contributed by atoms with Crippen molar-refractivity contribution in [2.24, 2.45) is 4.99 Å². The number of carbonyl (C=O) groups is 1. The molecular formula is C17H25N3O3. The van der Waals surface area contributed by atoms with Crippen molar-refractivity contribution in [3.05, 3.63) is 29.8 Å². The lowest BCUT2D eigenvalue weighted by Gasteiger charge is -2.30. The van der Waals surface area contributed by atoms with E-state index in [4.69, 9.17) is 9.47 Å². The Bertz CT molecular complexity index is 561. The van der Waals surface area contributed by atoms with Crippen molar-refractivity contribution in [2.45, 2.75) is 32.9 Å². The van der Waals surface area contributed by atoms with E-state index >= 15 is 0 Å². The monoisotopic (exact) mass is 319 g/mol. The number of amidine groups is 1. The number of amides is 1. The highest BCUT2D eigenvalue weighted by atomic mass is 16.6. The molecule has 1 aliphatic rings. The molecule has 0 radical (unpaired) electrons. The molecule has 0 bridgehead atoms. The molecule has 0 unspecified atom stereocenters. The van der Waals surface area contributed by atoms with E-state index < -0.39 is 5.60 Å². The molecule has 23 heavy (non-hydrogen) atoms. The molecule has 6 heteroatoms. The average Bonchev–Trinajstić information content (AvgIpc) is 2.52. The highest BCUT2D eigenvalue weighted by Gasteiger charge is 2.24. The van der Waals surface area contributed by atoms with E-state index in [9.17, 15) is 4.79 Å². The van der Waals surface area contributed by atoms with Gasteiger partial charge < -0.3 is 14.8 Å². The molecule has 1 N–H and O–H groups in total. The second-order valence-electron chi connectivity index (χ2n) is 6.43. The highest BCUT2D eigenvalue weighted by Crippen LogP contribution is 2.12. The minimum atomic E-state index is -0.484. The molecule has 0 aromatic heterocycles. The lowest BCUT2D eigenvalue weighted by atomic mass is 10.2. The maximum atomic E-state index is 12.1. The van der Waals surface area contributed by atoms with E-state index in [1.165, 1.54) is 0 Å². The van der Waals surface area contributed by atoms with Crippen LogP contribution in [0, 0.1) is 0 Å². The fourth-order valence-electron chi connectivity index (χ4n) is 2.16. The molecule has 2 rings (SSSR count). The number of benzene rings is 1. The molecule has 0 atom stereocenters. The molecule has 1 aromatic rings. The van der Waals surface area contributed by atoms with Crippen LogP contribution in [0.1, 0.15) is 26.3 Å². The van der Waals surface area contributed by atoms with Crippen LogP contribution in [0.15, 0.2) is 29.3 Å². The van der Waals surface area contributed by atoms with E-state index in [1.807, 2.05) is 45.0 Å². The van der Waals surface area contributed by atoms with Crippen molar-refractivity contribution < 1.29 is 14.3 Å². The summed E-state index contributed by atoms with van der Waals surface area (Å²) in [5, 5.41) is 3.28. The minimum Gasteiger partial charge on any atom is -0.497 e. The zero-order valence-corrected chi connectivity index (χ0v) is 14.3. The van der Waals surface area contributed by atoms with Gasteiger partial charge in [-0.1, -0.05) is 12.1 Å². The molecule has 0 aliphatic carbocycles. The first-order chi connectivity index (χ1) is 10.9. The van der Waals surface area contributed by atoms with Gasteiger partial charge in [0.05, 0.1) is 20.2 Å². The van der Waals surface area contributed by atoms with Crippen molar-refractivity contribution in [1.29, 1.82) is 0 Å². The highest BCUT2D eigenvalue weighted by molar-refractivity contribution is 5.87. The third kappa shape index (κ3) is 5.47. The summed E-state index contributed by atoms with van der Waals surface area (Å²) in [6.07, 6.45) is -0.295. The SMILES string of the molecule is COc1ccc(CNC2=NCCN(C(=O)OC(C)(C)C)C2)cc1. The van der Waals surface area contributed by atoms with Gasteiger partial charge in [0.1, 0.15) is 17.2 Å². The Hall–Kier alpha value is -2.24. The lowest BCUT2D eigenvalue weighted by molar-refractivity contribution is 0.0276. The summed E-state index contributed by atoms with van der Waals surface area (Å²) in [4.78, 5) is 18.2. The summed E-state index contributed by atoms with van der Waals surface area (Å²) < 4.78 is 10.5. The van der Waals surface area contributed by atoms with Crippen LogP contribution in [0.3, 0.4) is 0 Å². The van der Waals surface area contributed by atoms with Crippen LogP contribution in [0.4, 0.5) is 4.79 Å². The first-order valence-corrected chi connectivity index (χ1v) is 7.75. The summed E-state index contributed by atoms with van der Waals surface area (Å²) in [6, 6.07) is 7.85. The second kappa shape index (κ2) is 7.35. The van der Waals surface area contributed by atoms with Crippen molar-refractivity contribution in [1.82, 2.24) is 10.2 Å². The Morgan fingerprint density at radius 1 is 1.30 bits per heavy atom. The normalized spacial score (nSPS) is 15.0. The van der Waals surface area contributed by atoms with E-state index in [1.54, 1.807) is 12.0 Å². The Balaban J connectivity index is 1.86. The maximum absolute atomic E-state index is 12.1. The van der Waals surface area contributed by atoms with Gasteiger partial charge in [0.15, 0.2) is 0 Å². The Labute approximate surface area is 137 Å². The van der Waals surface area contributed by atoms with Crippen LogP contribution in [0.25, 0.3) is 0 Å². The van der Waals surface area contributed by atoms with Gasteiger partial charge in [-0.3, -0.25) is 9.89 Å². The number of hydrogen-bond donors (Lipinski definition) is 1. The fraction of sp³-hybridized carbons (Fsp3) is 0.529. The smallest absolute Gasteiger partial charge is 0.410 e. The largest absolute Gasteiger partial charge is 0.497 e. The number of nitrogens with one attached hydrogen (secondary N) is 1. The first-order valence-electron chi connectivity index (χ1n) is 7.75. The van der Waals surface area contributed by atoms with Crippen molar-refractivity contribution in [3.8, 4) is 5.75 Å². The summed E-state index contributed by atoms with van der Waals surface area (Å²) in [5.74, 6) is 1.64. The number of rotatable bonds is 3.